The second kappa shape index (κ2) is 7.89. The molecule has 29 heavy (non-hydrogen) atoms. The molecule has 1 aliphatic heterocycles. The van der Waals surface area contributed by atoms with Gasteiger partial charge >= 0.3 is 0 Å². The predicted molar refractivity (Wildman–Crippen MR) is 106 cm³/mol. The van der Waals surface area contributed by atoms with Crippen LogP contribution in [0, 0.1) is 11.4 Å². The number of pyridine rings is 1. The fourth-order valence-electron chi connectivity index (χ4n) is 3.94. The number of nitrogens with zero attached hydrogens (tertiary/aromatic N) is 3. The van der Waals surface area contributed by atoms with E-state index in [2.05, 4.69) is 10.3 Å². The molecule has 2 unspecified atom stereocenters. The van der Waals surface area contributed by atoms with Gasteiger partial charge in [0.15, 0.2) is 0 Å². The van der Waals surface area contributed by atoms with Crippen molar-refractivity contribution in [3.05, 3.63) is 28.8 Å². The maximum Gasteiger partial charge on any atom is 0.237 e. The molecule has 2 atom stereocenters. The lowest BCUT2D eigenvalue weighted by Gasteiger charge is -2.43. The van der Waals surface area contributed by atoms with Crippen molar-refractivity contribution < 1.29 is 18.8 Å². The number of likely N-dealkylation sites (N-methyl/N-ethyl adjacent to an activating group) is 1. The summed E-state index contributed by atoms with van der Waals surface area (Å²) in [5.41, 5.74) is -0.805. The van der Waals surface area contributed by atoms with Crippen molar-refractivity contribution in [3.63, 3.8) is 0 Å². The first-order valence-corrected chi connectivity index (χ1v) is 10.1. The zero-order chi connectivity index (χ0) is 21.5. The number of carbonyl (C=O) groups excluding carboxylic acids is 3. The summed E-state index contributed by atoms with van der Waals surface area (Å²) in [4.78, 5) is 44.6. The summed E-state index contributed by atoms with van der Waals surface area (Å²) < 4.78 is 13.4. The summed E-state index contributed by atoms with van der Waals surface area (Å²) in [5.74, 6) is -1.99. The highest BCUT2D eigenvalue weighted by Crippen LogP contribution is 2.33. The Morgan fingerprint density at radius 1 is 1.41 bits per heavy atom. The fourth-order valence-corrected chi connectivity index (χ4v) is 4.21. The Labute approximate surface area is 174 Å². The maximum atomic E-state index is 13.4. The first-order chi connectivity index (χ1) is 13.5. The summed E-state index contributed by atoms with van der Waals surface area (Å²) >= 11 is 6.07. The van der Waals surface area contributed by atoms with Crippen molar-refractivity contribution in [2.45, 2.75) is 51.1 Å². The van der Waals surface area contributed by atoms with E-state index < -0.39 is 17.3 Å². The lowest BCUT2D eigenvalue weighted by Crippen LogP contribution is -2.57. The van der Waals surface area contributed by atoms with E-state index in [1.54, 1.807) is 37.7 Å². The molecule has 1 aromatic rings. The van der Waals surface area contributed by atoms with Crippen LogP contribution in [0.3, 0.4) is 0 Å². The minimum absolute atomic E-state index is 0.0441. The van der Waals surface area contributed by atoms with E-state index in [1.165, 1.54) is 6.07 Å². The van der Waals surface area contributed by atoms with E-state index in [0.717, 1.165) is 6.07 Å². The van der Waals surface area contributed by atoms with E-state index >= 15 is 0 Å². The molecule has 2 fully saturated rings. The van der Waals surface area contributed by atoms with Crippen molar-refractivity contribution >= 4 is 29.3 Å². The lowest BCUT2D eigenvalue weighted by molar-refractivity contribution is -0.144. The largest absolute Gasteiger partial charge is 0.352 e. The van der Waals surface area contributed by atoms with Crippen LogP contribution >= 0.6 is 11.6 Å². The molecule has 3 amide bonds. The molecule has 1 aliphatic carbocycles. The van der Waals surface area contributed by atoms with E-state index in [9.17, 15) is 18.8 Å². The van der Waals surface area contributed by atoms with Crippen molar-refractivity contribution in [3.8, 4) is 0 Å². The smallest absolute Gasteiger partial charge is 0.237 e. The molecular formula is C20H26ClFN4O3. The van der Waals surface area contributed by atoms with E-state index in [4.69, 9.17) is 11.6 Å². The monoisotopic (exact) mass is 424 g/mol. The third-order valence-electron chi connectivity index (χ3n) is 6.23. The zero-order valence-electron chi connectivity index (χ0n) is 17.0. The maximum absolute atomic E-state index is 13.4. The molecule has 158 valence electrons. The second-order valence-electron chi connectivity index (χ2n) is 8.28. The molecule has 1 aromatic heterocycles. The third kappa shape index (κ3) is 3.95. The lowest BCUT2D eigenvalue weighted by atomic mass is 9.82. The summed E-state index contributed by atoms with van der Waals surface area (Å²) in [6.45, 7) is 3.90. The number of halogens is 2. The van der Waals surface area contributed by atoms with Crippen LogP contribution < -0.4 is 5.32 Å². The van der Waals surface area contributed by atoms with Crippen LogP contribution in [0.5, 0.6) is 0 Å². The normalized spacial score (nSPS) is 27.4. The number of carbonyl (C=O) groups is 3. The van der Waals surface area contributed by atoms with Gasteiger partial charge in [0, 0.05) is 32.7 Å². The second-order valence-corrected chi connectivity index (χ2v) is 8.68. The van der Waals surface area contributed by atoms with Crippen molar-refractivity contribution in [1.29, 1.82) is 0 Å². The number of hydrogen-bond donors (Lipinski definition) is 1. The van der Waals surface area contributed by atoms with Gasteiger partial charge in [0.05, 0.1) is 16.6 Å². The highest BCUT2D eigenvalue weighted by atomic mass is 35.5. The van der Waals surface area contributed by atoms with Gasteiger partial charge in [-0.05, 0) is 45.2 Å². The molecule has 2 aliphatic rings. The number of aromatic nitrogens is 1. The first kappa shape index (κ1) is 21.5. The number of nitrogens with one attached hydrogen (secondary N) is 1. The quantitative estimate of drug-likeness (QED) is 0.578. The standard InChI is InChI=1S/C20H26ClFN4O3/c1-11(16-14(21)5-6-15(22)24-16)17(27)26(4)13-9-12(10-13)23-18(28)20(2)7-8-25(3)19(20)29/h5-6,11-13H,7-10H2,1-4H3,(H,23,28). The Morgan fingerprint density at radius 2 is 2.07 bits per heavy atom. The van der Waals surface area contributed by atoms with Crippen molar-refractivity contribution in [2.75, 3.05) is 20.6 Å². The van der Waals surface area contributed by atoms with Gasteiger partial charge in [-0.1, -0.05) is 11.6 Å². The SMILES string of the molecule is CC(C(=O)N(C)C1CC(NC(=O)C2(C)CCN(C)C2=O)C1)c1nc(F)ccc1Cl. The minimum Gasteiger partial charge on any atom is -0.352 e. The van der Waals surface area contributed by atoms with Crippen LogP contribution in [-0.2, 0) is 14.4 Å². The highest BCUT2D eigenvalue weighted by Gasteiger charge is 2.49. The number of rotatable bonds is 5. The van der Waals surface area contributed by atoms with Crippen molar-refractivity contribution in [1.82, 2.24) is 20.1 Å². The van der Waals surface area contributed by atoms with Gasteiger partial charge in [-0.25, -0.2) is 4.98 Å². The van der Waals surface area contributed by atoms with Gasteiger partial charge in [-0.15, -0.1) is 0 Å². The van der Waals surface area contributed by atoms with E-state index in [0.29, 0.717) is 25.8 Å². The highest BCUT2D eigenvalue weighted by molar-refractivity contribution is 6.31. The van der Waals surface area contributed by atoms with Gasteiger partial charge < -0.3 is 15.1 Å². The van der Waals surface area contributed by atoms with Crippen LogP contribution in [0.2, 0.25) is 5.02 Å². The Hall–Kier alpha value is -2.22. The average molecular weight is 425 g/mol. The summed E-state index contributed by atoms with van der Waals surface area (Å²) in [7, 11) is 3.38. The van der Waals surface area contributed by atoms with Crippen LogP contribution in [0.25, 0.3) is 0 Å². The van der Waals surface area contributed by atoms with Crippen LogP contribution in [-0.4, -0.2) is 65.2 Å². The zero-order valence-corrected chi connectivity index (χ0v) is 17.8. The molecule has 0 aromatic carbocycles. The first-order valence-electron chi connectivity index (χ1n) is 9.69. The van der Waals surface area contributed by atoms with Gasteiger partial charge in [0.25, 0.3) is 0 Å². The summed E-state index contributed by atoms with van der Waals surface area (Å²) in [6, 6.07) is 2.42. The van der Waals surface area contributed by atoms with Gasteiger partial charge in [-0.3, -0.25) is 14.4 Å². The van der Waals surface area contributed by atoms with Gasteiger partial charge in [-0.2, -0.15) is 4.39 Å². The summed E-state index contributed by atoms with van der Waals surface area (Å²) in [6.07, 6.45) is 1.71. The van der Waals surface area contributed by atoms with Crippen LogP contribution in [0.15, 0.2) is 12.1 Å². The number of hydrogen-bond acceptors (Lipinski definition) is 4. The molecule has 9 heteroatoms. The Balaban J connectivity index is 1.55. The molecule has 2 heterocycles. The van der Waals surface area contributed by atoms with Crippen LogP contribution in [0.1, 0.15) is 44.7 Å². The Morgan fingerprint density at radius 3 is 2.66 bits per heavy atom. The predicted octanol–water partition coefficient (Wildman–Crippen LogP) is 1.95. The molecule has 0 spiro atoms. The number of likely N-dealkylation sites (tertiary alicyclic amines) is 1. The fraction of sp³-hybridized carbons (Fsp3) is 0.600. The number of amides is 3. The Kier molecular flexibility index (Phi) is 5.85. The molecule has 0 radical (unpaired) electrons. The van der Waals surface area contributed by atoms with Crippen molar-refractivity contribution in [2.24, 2.45) is 5.41 Å². The molecule has 1 N–H and O–H groups in total. The molecule has 3 rings (SSSR count). The average Bonchev–Trinajstić information content (AvgIpc) is 2.93. The molecule has 0 bridgehead atoms. The van der Waals surface area contributed by atoms with Gasteiger partial charge in [0.2, 0.25) is 23.7 Å². The van der Waals surface area contributed by atoms with E-state index in [-0.39, 0.29) is 40.5 Å². The van der Waals surface area contributed by atoms with E-state index in [1.807, 2.05) is 0 Å². The molecular weight excluding hydrogens is 399 g/mol. The minimum atomic E-state index is -1.02. The topological polar surface area (TPSA) is 82.6 Å². The molecule has 1 saturated carbocycles. The third-order valence-corrected chi connectivity index (χ3v) is 6.55. The molecule has 1 saturated heterocycles. The van der Waals surface area contributed by atoms with Gasteiger partial charge in [0.1, 0.15) is 5.41 Å². The molecule has 7 nitrogen and oxygen atoms in total. The van der Waals surface area contributed by atoms with Crippen LogP contribution in [0.4, 0.5) is 4.39 Å². The Bertz CT molecular complexity index is 845. The summed E-state index contributed by atoms with van der Waals surface area (Å²) in [5, 5.41) is 3.19.